The fraction of sp³-hybridized carbons (Fsp3) is 0.538. The second-order valence-corrected chi connectivity index (χ2v) is 6.06. The summed E-state index contributed by atoms with van der Waals surface area (Å²) in [7, 11) is 2.18. The summed E-state index contributed by atoms with van der Waals surface area (Å²) in [6.45, 7) is 4.11. The van der Waals surface area contributed by atoms with Crippen LogP contribution in [-0.2, 0) is 0 Å². The maximum Gasteiger partial charge on any atom is 0.283 e. The zero-order chi connectivity index (χ0) is 14.5. The number of nitrogens with one attached hydrogen (secondary N) is 1. The minimum atomic E-state index is -0.363. The molecular weight excluding hydrogens is 278 g/mol. The van der Waals surface area contributed by atoms with Crippen LogP contribution in [0, 0.1) is 10.1 Å². The van der Waals surface area contributed by atoms with Gasteiger partial charge in [-0.05, 0) is 12.1 Å². The van der Waals surface area contributed by atoms with Crippen molar-refractivity contribution < 1.29 is 14.9 Å². The Balaban J connectivity index is 2.20. The molecule has 1 aromatic rings. The number of thioether (sulfide) groups is 1. The van der Waals surface area contributed by atoms with Crippen molar-refractivity contribution in [3.05, 3.63) is 28.3 Å². The van der Waals surface area contributed by atoms with Gasteiger partial charge in [0, 0.05) is 17.5 Å². The molecule has 20 heavy (non-hydrogen) atoms. The van der Waals surface area contributed by atoms with Crippen molar-refractivity contribution in [2.45, 2.75) is 4.90 Å². The molecule has 1 saturated heterocycles. The van der Waals surface area contributed by atoms with Gasteiger partial charge in [-0.1, -0.05) is 0 Å². The van der Waals surface area contributed by atoms with E-state index in [2.05, 4.69) is 11.9 Å². The van der Waals surface area contributed by atoms with Crippen molar-refractivity contribution >= 4 is 23.1 Å². The van der Waals surface area contributed by atoms with Gasteiger partial charge in [-0.2, -0.15) is 0 Å². The van der Waals surface area contributed by atoms with Crippen molar-refractivity contribution in [3.63, 3.8) is 0 Å². The number of nitro benzene ring substituents is 1. The molecule has 1 heterocycles. The minimum absolute atomic E-state index is 0.0178. The molecule has 6 nitrogen and oxygen atoms in total. The highest BCUT2D eigenvalue weighted by Crippen LogP contribution is 2.32. The van der Waals surface area contributed by atoms with Crippen LogP contribution in [0.2, 0.25) is 0 Å². The van der Waals surface area contributed by atoms with E-state index in [1.807, 2.05) is 12.1 Å². The molecule has 0 bridgehead atoms. The number of hydrogen-bond donors (Lipinski definition) is 2. The first-order chi connectivity index (χ1) is 9.61. The van der Waals surface area contributed by atoms with E-state index in [1.165, 1.54) is 16.7 Å². The molecule has 1 aliphatic heterocycles. The van der Waals surface area contributed by atoms with Crippen molar-refractivity contribution in [2.75, 3.05) is 50.5 Å². The third kappa shape index (κ3) is 3.62. The van der Waals surface area contributed by atoms with Gasteiger partial charge in [0.15, 0.2) is 0 Å². The van der Waals surface area contributed by atoms with E-state index in [0.717, 1.165) is 31.9 Å². The molecule has 1 fully saturated rings. The zero-order valence-electron chi connectivity index (χ0n) is 11.5. The second kappa shape index (κ2) is 6.92. The highest BCUT2D eigenvalue weighted by molar-refractivity contribution is 7.99. The molecule has 0 aromatic heterocycles. The summed E-state index contributed by atoms with van der Waals surface area (Å²) in [5.74, 6) is 0.469. The van der Waals surface area contributed by atoms with Crippen LogP contribution in [0.3, 0.4) is 0 Å². The van der Waals surface area contributed by atoms with E-state index in [0.29, 0.717) is 10.6 Å². The lowest BCUT2D eigenvalue weighted by Gasteiger charge is -2.31. The van der Waals surface area contributed by atoms with Crippen molar-refractivity contribution in [2.24, 2.45) is 0 Å². The summed E-state index contributed by atoms with van der Waals surface area (Å²) in [6.07, 6.45) is 0. The predicted molar refractivity (Wildman–Crippen MR) is 79.7 cm³/mol. The molecule has 110 valence electrons. The molecule has 0 aliphatic carbocycles. The Morgan fingerprint density at radius 1 is 1.45 bits per heavy atom. The smallest absolute Gasteiger partial charge is 0.283 e. The SMILES string of the molecule is C[NH+]1CCN(c2ccc([N+](=O)[O-])c(SCCO)c2)CC1. The average Bonchev–Trinajstić information content (AvgIpc) is 2.45. The van der Waals surface area contributed by atoms with Crippen molar-refractivity contribution in [1.82, 2.24) is 0 Å². The molecule has 0 spiro atoms. The standard InChI is InChI=1S/C13H19N3O3S/c1-14-4-6-15(7-5-14)11-2-3-12(16(18)19)13(10-11)20-9-8-17/h2-3,10,17H,4-9H2,1H3/p+1. The topological polar surface area (TPSA) is 71.0 Å². The Labute approximate surface area is 122 Å². The maximum atomic E-state index is 11.0. The number of rotatable bonds is 5. The highest BCUT2D eigenvalue weighted by atomic mass is 32.2. The first-order valence-corrected chi connectivity index (χ1v) is 7.68. The molecule has 2 rings (SSSR count). The minimum Gasteiger partial charge on any atom is -0.396 e. The van der Waals surface area contributed by atoms with Crippen molar-refractivity contribution in [3.8, 4) is 0 Å². The van der Waals surface area contributed by atoms with Crippen LogP contribution in [0.15, 0.2) is 23.1 Å². The van der Waals surface area contributed by atoms with Gasteiger partial charge in [0.05, 0.1) is 49.7 Å². The molecule has 1 aliphatic rings. The van der Waals surface area contributed by atoms with Gasteiger partial charge < -0.3 is 14.9 Å². The van der Waals surface area contributed by atoms with E-state index < -0.39 is 0 Å². The first-order valence-electron chi connectivity index (χ1n) is 6.70. The van der Waals surface area contributed by atoms with Crippen LogP contribution < -0.4 is 9.80 Å². The molecule has 1 aromatic carbocycles. The summed E-state index contributed by atoms with van der Waals surface area (Å²) in [5, 5.41) is 19.9. The average molecular weight is 298 g/mol. The fourth-order valence-corrected chi connectivity index (χ4v) is 3.07. The fourth-order valence-electron chi connectivity index (χ4n) is 2.27. The normalized spacial score (nSPS) is 16.4. The van der Waals surface area contributed by atoms with Crippen LogP contribution in [0.25, 0.3) is 0 Å². The number of benzene rings is 1. The van der Waals surface area contributed by atoms with Gasteiger partial charge in [0.2, 0.25) is 0 Å². The second-order valence-electron chi connectivity index (χ2n) is 4.93. The van der Waals surface area contributed by atoms with Gasteiger partial charge in [-0.25, -0.2) is 0 Å². The summed E-state index contributed by atoms with van der Waals surface area (Å²) >= 11 is 1.33. The van der Waals surface area contributed by atoms with E-state index in [-0.39, 0.29) is 17.2 Å². The lowest BCUT2D eigenvalue weighted by molar-refractivity contribution is -0.880. The number of likely N-dealkylation sites (N-methyl/N-ethyl adjacent to an activating group) is 1. The van der Waals surface area contributed by atoms with Gasteiger partial charge in [-0.3, -0.25) is 10.1 Å². The van der Waals surface area contributed by atoms with Crippen LogP contribution in [0.5, 0.6) is 0 Å². The maximum absolute atomic E-state index is 11.0. The molecule has 0 unspecified atom stereocenters. The van der Waals surface area contributed by atoms with Crippen molar-refractivity contribution in [1.29, 1.82) is 0 Å². The Morgan fingerprint density at radius 2 is 2.15 bits per heavy atom. The molecule has 7 heteroatoms. The summed E-state index contributed by atoms with van der Waals surface area (Å²) in [6, 6.07) is 5.27. The van der Waals surface area contributed by atoms with Crippen LogP contribution in [0.1, 0.15) is 0 Å². The van der Waals surface area contributed by atoms with Gasteiger partial charge in [0.25, 0.3) is 5.69 Å². The van der Waals surface area contributed by atoms with Crippen LogP contribution >= 0.6 is 11.8 Å². The van der Waals surface area contributed by atoms with E-state index >= 15 is 0 Å². The molecular formula is C13H20N3O3S+. The lowest BCUT2D eigenvalue weighted by atomic mass is 10.2. The number of aliphatic hydroxyl groups excluding tert-OH is 1. The summed E-state index contributed by atoms with van der Waals surface area (Å²) in [5.41, 5.74) is 1.15. The van der Waals surface area contributed by atoms with Gasteiger partial charge in [0.1, 0.15) is 0 Å². The Hall–Kier alpha value is -1.31. The first kappa shape index (κ1) is 15.1. The number of piperazine rings is 1. The summed E-state index contributed by atoms with van der Waals surface area (Å²) in [4.78, 5) is 15.1. The van der Waals surface area contributed by atoms with Crippen LogP contribution in [0.4, 0.5) is 11.4 Å². The van der Waals surface area contributed by atoms with Gasteiger partial charge in [-0.15, -0.1) is 11.8 Å². The van der Waals surface area contributed by atoms with Gasteiger partial charge >= 0.3 is 0 Å². The number of nitrogens with zero attached hydrogens (tertiary/aromatic N) is 2. The number of anilines is 1. The zero-order valence-corrected chi connectivity index (χ0v) is 12.4. The van der Waals surface area contributed by atoms with E-state index in [4.69, 9.17) is 5.11 Å². The molecule has 2 N–H and O–H groups in total. The number of hydrogen-bond acceptors (Lipinski definition) is 5. The Bertz CT molecular complexity index is 476. The number of quaternary nitrogens is 1. The van der Waals surface area contributed by atoms with E-state index in [1.54, 1.807) is 6.07 Å². The number of aliphatic hydroxyl groups is 1. The quantitative estimate of drug-likeness (QED) is 0.455. The highest BCUT2D eigenvalue weighted by Gasteiger charge is 2.20. The molecule has 0 radical (unpaired) electrons. The Morgan fingerprint density at radius 3 is 2.75 bits per heavy atom. The molecule has 0 amide bonds. The lowest BCUT2D eigenvalue weighted by Crippen LogP contribution is -3.12. The molecule has 0 saturated carbocycles. The van der Waals surface area contributed by atoms with E-state index in [9.17, 15) is 10.1 Å². The summed E-state index contributed by atoms with van der Waals surface area (Å²) < 4.78 is 0. The largest absolute Gasteiger partial charge is 0.396 e. The predicted octanol–water partition coefficient (Wildman–Crippen LogP) is 0.0139. The Kier molecular flexibility index (Phi) is 5.22. The van der Waals surface area contributed by atoms with Crippen LogP contribution in [-0.4, -0.2) is 55.6 Å². The molecule has 0 atom stereocenters. The third-order valence-electron chi connectivity index (χ3n) is 3.47. The third-order valence-corrected chi connectivity index (χ3v) is 4.50. The number of nitro groups is 1. The monoisotopic (exact) mass is 298 g/mol.